The lowest BCUT2D eigenvalue weighted by Crippen LogP contribution is -2.32. The Morgan fingerprint density at radius 2 is 1.81 bits per heavy atom. The van der Waals surface area contributed by atoms with Gasteiger partial charge in [-0.15, -0.1) is 0 Å². The first kappa shape index (κ1) is 27.1. The van der Waals surface area contributed by atoms with E-state index in [-0.39, 0.29) is 36.1 Å². The third kappa shape index (κ3) is 10.9. The number of methoxy groups -OCH3 is 1. The number of carbonyl (C=O) groups is 3. The molecular formula is C23H35N3O6. The zero-order valence-electron chi connectivity index (χ0n) is 19.3. The van der Waals surface area contributed by atoms with Gasteiger partial charge in [0.15, 0.2) is 11.4 Å². The van der Waals surface area contributed by atoms with Crippen molar-refractivity contribution in [2.75, 3.05) is 40.0 Å². The van der Waals surface area contributed by atoms with Crippen molar-refractivity contribution in [2.24, 2.45) is 0 Å². The maximum atomic E-state index is 12.4. The second-order valence-electron chi connectivity index (χ2n) is 6.92. The summed E-state index contributed by atoms with van der Waals surface area (Å²) in [5, 5.41) is 5.23. The molecule has 178 valence electrons. The van der Waals surface area contributed by atoms with Crippen LogP contribution in [0.3, 0.4) is 0 Å². The first-order valence-electron chi connectivity index (χ1n) is 11.0. The molecule has 0 radical (unpaired) electrons. The van der Waals surface area contributed by atoms with Crippen molar-refractivity contribution < 1.29 is 28.6 Å². The molecule has 0 aliphatic heterocycles. The number of esters is 1. The van der Waals surface area contributed by atoms with Gasteiger partial charge in [-0.1, -0.05) is 32.4 Å². The summed E-state index contributed by atoms with van der Waals surface area (Å²) in [4.78, 5) is 40.4. The first-order valence-corrected chi connectivity index (χ1v) is 11.0. The molecule has 1 aromatic rings. The number of nitrogens with one attached hydrogen (secondary N) is 2. The van der Waals surface area contributed by atoms with E-state index in [1.165, 1.54) is 19.4 Å². The molecule has 0 atom stereocenters. The Balaban J connectivity index is 2.48. The normalized spacial score (nSPS) is 10.7. The molecule has 1 aromatic heterocycles. The molecule has 0 aliphatic carbocycles. The minimum Gasteiger partial charge on any atom is -0.494 e. The van der Waals surface area contributed by atoms with Crippen LogP contribution in [-0.2, 0) is 14.3 Å². The SMILES string of the molecule is CCC=CCCOC(=O)CNC(=O)c1ncc(C(=O)NCCCOCCCC)cc1OC. The number of unbranched alkanes of at least 4 members (excludes halogenated alkanes) is 1. The molecule has 1 rings (SSSR count). The molecule has 1 heterocycles. The van der Waals surface area contributed by atoms with Crippen LogP contribution in [0.2, 0.25) is 0 Å². The third-order valence-corrected chi connectivity index (χ3v) is 4.29. The van der Waals surface area contributed by atoms with E-state index in [1.54, 1.807) is 0 Å². The Morgan fingerprint density at radius 3 is 2.53 bits per heavy atom. The standard InChI is InChI=1S/C23H35N3O6/c1-4-6-8-9-14-32-20(27)17-26-23(29)21-19(30-3)15-18(16-25-21)22(28)24-11-10-13-31-12-7-5-2/h6,8,15-16H,4-5,7,9-14,17H2,1-3H3,(H,24,28)(H,26,29). The number of nitrogens with zero attached hydrogens (tertiary/aromatic N) is 1. The largest absolute Gasteiger partial charge is 0.494 e. The number of hydrogen-bond donors (Lipinski definition) is 2. The van der Waals surface area contributed by atoms with Crippen molar-refractivity contribution in [3.63, 3.8) is 0 Å². The molecule has 0 aliphatic rings. The number of ether oxygens (including phenoxy) is 3. The van der Waals surface area contributed by atoms with Crippen LogP contribution in [0, 0.1) is 0 Å². The van der Waals surface area contributed by atoms with Gasteiger partial charge in [0.1, 0.15) is 6.54 Å². The lowest BCUT2D eigenvalue weighted by molar-refractivity contribution is -0.142. The Bertz CT molecular complexity index is 751. The van der Waals surface area contributed by atoms with E-state index in [0.29, 0.717) is 26.0 Å². The van der Waals surface area contributed by atoms with Crippen molar-refractivity contribution in [1.29, 1.82) is 0 Å². The second kappa shape index (κ2) is 16.7. The molecule has 0 fully saturated rings. The highest BCUT2D eigenvalue weighted by Gasteiger charge is 2.18. The predicted octanol–water partition coefficient (Wildman–Crippen LogP) is 2.66. The van der Waals surface area contributed by atoms with Gasteiger partial charge in [-0.3, -0.25) is 14.4 Å². The third-order valence-electron chi connectivity index (χ3n) is 4.29. The van der Waals surface area contributed by atoms with Crippen molar-refractivity contribution in [3.05, 3.63) is 35.7 Å². The lowest BCUT2D eigenvalue weighted by atomic mass is 10.2. The monoisotopic (exact) mass is 449 g/mol. The zero-order chi connectivity index (χ0) is 23.6. The van der Waals surface area contributed by atoms with Gasteiger partial charge in [0, 0.05) is 26.0 Å². The van der Waals surface area contributed by atoms with E-state index < -0.39 is 11.9 Å². The summed E-state index contributed by atoms with van der Waals surface area (Å²) in [5.41, 5.74) is 0.247. The fraction of sp³-hybridized carbons (Fsp3) is 0.565. The molecule has 2 amide bonds. The van der Waals surface area contributed by atoms with Gasteiger partial charge in [0.25, 0.3) is 11.8 Å². The summed E-state index contributed by atoms with van der Waals surface area (Å²) < 4.78 is 15.7. The van der Waals surface area contributed by atoms with E-state index in [0.717, 1.165) is 25.9 Å². The fourth-order valence-electron chi connectivity index (χ4n) is 2.53. The molecule has 0 unspecified atom stereocenters. The summed E-state index contributed by atoms with van der Waals surface area (Å²) in [7, 11) is 1.38. The number of carbonyl (C=O) groups excluding carboxylic acids is 3. The molecular weight excluding hydrogens is 414 g/mol. The summed E-state index contributed by atoms with van der Waals surface area (Å²) in [6.45, 7) is 5.85. The Kier molecular flexibility index (Phi) is 14.2. The van der Waals surface area contributed by atoms with Crippen LogP contribution in [0.25, 0.3) is 0 Å². The summed E-state index contributed by atoms with van der Waals surface area (Å²) in [5.74, 6) is -1.33. The first-order chi connectivity index (χ1) is 15.5. The van der Waals surface area contributed by atoms with E-state index in [2.05, 4.69) is 22.5 Å². The van der Waals surface area contributed by atoms with E-state index in [4.69, 9.17) is 14.2 Å². The van der Waals surface area contributed by atoms with Crippen LogP contribution < -0.4 is 15.4 Å². The molecule has 0 bridgehead atoms. The van der Waals surface area contributed by atoms with E-state index >= 15 is 0 Å². The van der Waals surface area contributed by atoms with Gasteiger partial charge in [-0.2, -0.15) is 0 Å². The van der Waals surface area contributed by atoms with Crippen molar-refractivity contribution in [1.82, 2.24) is 15.6 Å². The average Bonchev–Trinajstić information content (AvgIpc) is 2.81. The van der Waals surface area contributed by atoms with Crippen molar-refractivity contribution in [3.8, 4) is 5.75 Å². The number of aromatic nitrogens is 1. The van der Waals surface area contributed by atoms with Crippen LogP contribution in [-0.4, -0.2) is 62.8 Å². The van der Waals surface area contributed by atoms with Gasteiger partial charge in [-0.25, -0.2) is 4.98 Å². The van der Waals surface area contributed by atoms with Gasteiger partial charge >= 0.3 is 5.97 Å². The minimum atomic E-state index is -0.596. The smallest absolute Gasteiger partial charge is 0.325 e. The highest BCUT2D eigenvalue weighted by Crippen LogP contribution is 2.17. The molecule has 0 aromatic carbocycles. The molecule has 9 nitrogen and oxygen atoms in total. The van der Waals surface area contributed by atoms with Gasteiger partial charge in [0.2, 0.25) is 0 Å². The summed E-state index contributed by atoms with van der Waals surface area (Å²) in [6.07, 6.45) is 9.57. The number of amides is 2. The predicted molar refractivity (Wildman–Crippen MR) is 121 cm³/mol. The molecule has 0 saturated heterocycles. The number of allylic oxidation sites excluding steroid dienone is 1. The highest BCUT2D eigenvalue weighted by molar-refractivity contribution is 5.99. The summed E-state index contributed by atoms with van der Waals surface area (Å²) in [6, 6.07) is 1.44. The maximum absolute atomic E-state index is 12.4. The van der Waals surface area contributed by atoms with Crippen LogP contribution in [0.1, 0.15) is 66.8 Å². The molecule has 0 spiro atoms. The van der Waals surface area contributed by atoms with Crippen LogP contribution in [0.4, 0.5) is 0 Å². The minimum absolute atomic E-state index is 0.0212. The fourth-order valence-corrected chi connectivity index (χ4v) is 2.53. The van der Waals surface area contributed by atoms with Gasteiger partial charge in [-0.05, 0) is 31.7 Å². The van der Waals surface area contributed by atoms with Crippen LogP contribution in [0.15, 0.2) is 24.4 Å². The molecule has 9 heteroatoms. The van der Waals surface area contributed by atoms with Crippen LogP contribution >= 0.6 is 0 Å². The molecule has 32 heavy (non-hydrogen) atoms. The highest BCUT2D eigenvalue weighted by atomic mass is 16.5. The molecule has 2 N–H and O–H groups in total. The summed E-state index contributed by atoms with van der Waals surface area (Å²) >= 11 is 0. The lowest BCUT2D eigenvalue weighted by Gasteiger charge is -2.11. The van der Waals surface area contributed by atoms with E-state index in [1.807, 2.05) is 19.1 Å². The van der Waals surface area contributed by atoms with Gasteiger partial charge in [0.05, 0.1) is 19.3 Å². The maximum Gasteiger partial charge on any atom is 0.325 e. The zero-order valence-corrected chi connectivity index (χ0v) is 19.3. The van der Waals surface area contributed by atoms with Gasteiger partial charge < -0.3 is 24.8 Å². The average molecular weight is 450 g/mol. The van der Waals surface area contributed by atoms with Crippen molar-refractivity contribution >= 4 is 17.8 Å². The second-order valence-corrected chi connectivity index (χ2v) is 6.92. The van der Waals surface area contributed by atoms with E-state index in [9.17, 15) is 14.4 Å². The van der Waals surface area contributed by atoms with Crippen molar-refractivity contribution in [2.45, 2.75) is 46.0 Å². The number of hydrogen-bond acceptors (Lipinski definition) is 7. The Labute approximate surface area is 189 Å². The number of pyridine rings is 1. The molecule has 0 saturated carbocycles. The topological polar surface area (TPSA) is 116 Å². The number of rotatable bonds is 16. The van der Waals surface area contributed by atoms with Crippen LogP contribution in [0.5, 0.6) is 5.75 Å². The Hall–Kier alpha value is -2.94. The quantitative estimate of drug-likeness (QED) is 0.226. The Morgan fingerprint density at radius 1 is 1.03 bits per heavy atom.